The van der Waals surface area contributed by atoms with Gasteiger partial charge >= 0.3 is 0 Å². The molecule has 1 aromatic rings. The van der Waals surface area contributed by atoms with Crippen molar-refractivity contribution in [3.8, 4) is 0 Å². The van der Waals surface area contributed by atoms with Gasteiger partial charge in [0, 0.05) is 18.3 Å². The number of rotatable bonds is 8. The molecule has 0 aromatic carbocycles. The van der Waals surface area contributed by atoms with Crippen molar-refractivity contribution in [2.75, 3.05) is 6.54 Å². The molecule has 3 rings (SSSR count). The monoisotopic (exact) mass is 289 g/mol. The minimum Gasteiger partial charge on any atom is -0.314 e. The lowest BCUT2D eigenvalue weighted by molar-refractivity contribution is 0.316. The van der Waals surface area contributed by atoms with Crippen LogP contribution in [0, 0.1) is 11.8 Å². The normalized spacial score (nSPS) is 22.6. The molecule has 118 valence electrons. The quantitative estimate of drug-likeness (QED) is 0.785. The van der Waals surface area contributed by atoms with Crippen molar-refractivity contribution in [3.63, 3.8) is 0 Å². The lowest BCUT2D eigenvalue weighted by Gasteiger charge is -2.23. The standard InChI is InChI=1S/C18H31N3/c1-3-14(2)21-11-10-18(20-21)12-16(13-19-17-8-9-17)15-6-4-5-7-15/h10-11,14-17,19H,3-9,12-13H2,1-2H3. The summed E-state index contributed by atoms with van der Waals surface area (Å²) in [5.41, 5.74) is 1.30. The average molecular weight is 289 g/mol. The fraction of sp³-hybridized carbons (Fsp3) is 0.833. The van der Waals surface area contributed by atoms with Gasteiger partial charge in [-0.25, -0.2) is 0 Å². The van der Waals surface area contributed by atoms with Crippen LogP contribution in [0.2, 0.25) is 0 Å². The number of nitrogens with one attached hydrogen (secondary N) is 1. The summed E-state index contributed by atoms with van der Waals surface area (Å²) in [6.45, 7) is 5.68. The van der Waals surface area contributed by atoms with E-state index in [1.165, 1.54) is 50.8 Å². The van der Waals surface area contributed by atoms with E-state index in [-0.39, 0.29) is 0 Å². The van der Waals surface area contributed by atoms with Gasteiger partial charge in [-0.15, -0.1) is 0 Å². The first-order chi connectivity index (χ1) is 10.3. The second-order valence-electron chi connectivity index (χ2n) is 7.24. The lowest BCUT2D eigenvalue weighted by atomic mass is 9.87. The van der Waals surface area contributed by atoms with Crippen molar-refractivity contribution in [1.29, 1.82) is 0 Å². The molecule has 1 aromatic heterocycles. The molecule has 0 bridgehead atoms. The molecular formula is C18H31N3. The van der Waals surface area contributed by atoms with Gasteiger partial charge in [0.25, 0.3) is 0 Å². The van der Waals surface area contributed by atoms with Gasteiger partial charge in [0.15, 0.2) is 0 Å². The molecule has 3 heteroatoms. The summed E-state index contributed by atoms with van der Waals surface area (Å²) >= 11 is 0. The molecule has 1 N–H and O–H groups in total. The van der Waals surface area contributed by atoms with Gasteiger partial charge in [0.1, 0.15) is 0 Å². The molecule has 0 radical (unpaired) electrons. The molecular weight excluding hydrogens is 258 g/mol. The highest BCUT2D eigenvalue weighted by Crippen LogP contribution is 2.33. The van der Waals surface area contributed by atoms with Crippen molar-refractivity contribution >= 4 is 0 Å². The van der Waals surface area contributed by atoms with E-state index in [0.717, 1.165) is 30.7 Å². The molecule has 2 aliphatic rings. The Morgan fingerprint density at radius 2 is 2.05 bits per heavy atom. The molecule has 2 unspecified atom stereocenters. The van der Waals surface area contributed by atoms with Gasteiger partial charge in [-0.1, -0.05) is 32.6 Å². The van der Waals surface area contributed by atoms with Crippen LogP contribution >= 0.6 is 0 Å². The molecule has 3 nitrogen and oxygen atoms in total. The van der Waals surface area contributed by atoms with Gasteiger partial charge in [0.2, 0.25) is 0 Å². The number of hydrogen-bond acceptors (Lipinski definition) is 2. The lowest BCUT2D eigenvalue weighted by Crippen LogP contribution is -2.30. The largest absolute Gasteiger partial charge is 0.314 e. The summed E-state index contributed by atoms with van der Waals surface area (Å²) in [5.74, 6) is 1.71. The van der Waals surface area contributed by atoms with Crippen molar-refractivity contribution < 1.29 is 0 Å². The fourth-order valence-electron chi connectivity index (χ4n) is 3.63. The number of nitrogens with zero attached hydrogens (tertiary/aromatic N) is 2. The van der Waals surface area contributed by atoms with Crippen LogP contribution in [0.15, 0.2) is 12.3 Å². The third-order valence-electron chi connectivity index (χ3n) is 5.49. The van der Waals surface area contributed by atoms with Crippen molar-refractivity contribution in [1.82, 2.24) is 15.1 Å². The van der Waals surface area contributed by atoms with E-state index in [4.69, 9.17) is 5.10 Å². The molecule has 21 heavy (non-hydrogen) atoms. The third kappa shape index (κ3) is 4.09. The van der Waals surface area contributed by atoms with Gasteiger partial charge in [-0.05, 0) is 57.1 Å². The van der Waals surface area contributed by atoms with E-state index in [9.17, 15) is 0 Å². The Balaban J connectivity index is 1.60. The average Bonchev–Trinajstić information content (AvgIpc) is 2.99. The Labute approximate surface area is 129 Å². The summed E-state index contributed by atoms with van der Waals surface area (Å²) in [4.78, 5) is 0. The minimum atomic E-state index is 0.522. The van der Waals surface area contributed by atoms with Crippen LogP contribution in [-0.4, -0.2) is 22.4 Å². The van der Waals surface area contributed by atoms with Crippen molar-refractivity contribution in [3.05, 3.63) is 18.0 Å². The second kappa shape index (κ2) is 6.95. The van der Waals surface area contributed by atoms with E-state index in [0.29, 0.717) is 6.04 Å². The van der Waals surface area contributed by atoms with Gasteiger partial charge in [0.05, 0.1) is 5.69 Å². The molecule has 2 fully saturated rings. The fourth-order valence-corrected chi connectivity index (χ4v) is 3.63. The Morgan fingerprint density at radius 1 is 1.29 bits per heavy atom. The van der Waals surface area contributed by atoms with Crippen molar-refractivity contribution in [2.24, 2.45) is 11.8 Å². The highest BCUT2D eigenvalue weighted by Gasteiger charge is 2.28. The topological polar surface area (TPSA) is 29.9 Å². The maximum Gasteiger partial charge on any atom is 0.0628 e. The first-order valence-corrected chi connectivity index (χ1v) is 9.03. The Kier molecular flexibility index (Phi) is 4.99. The summed E-state index contributed by atoms with van der Waals surface area (Å²) < 4.78 is 2.15. The Bertz CT molecular complexity index is 429. The maximum atomic E-state index is 4.82. The van der Waals surface area contributed by atoms with Gasteiger partial charge in [-0.2, -0.15) is 5.10 Å². The minimum absolute atomic E-state index is 0.522. The van der Waals surface area contributed by atoms with E-state index < -0.39 is 0 Å². The highest BCUT2D eigenvalue weighted by atomic mass is 15.3. The summed E-state index contributed by atoms with van der Waals surface area (Å²) in [6, 6.07) is 3.59. The second-order valence-corrected chi connectivity index (χ2v) is 7.24. The SMILES string of the molecule is CCC(C)n1ccc(CC(CNC2CC2)C2CCCC2)n1. The van der Waals surface area contributed by atoms with Crippen LogP contribution in [0.3, 0.4) is 0 Å². The van der Waals surface area contributed by atoms with Crippen LogP contribution in [0.1, 0.15) is 70.5 Å². The molecule has 0 aliphatic heterocycles. The smallest absolute Gasteiger partial charge is 0.0628 e. The van der Waals surface area contributed by atoms with Gasteiger partial charge < -0.3 is 5.32 Å². The van der Waals surface area contributed by atoms with E-state index in [1.807, 2.05) is 0 Å². The molecule has 2 aliphatic carbocycles. The van der Waals surface area contributed by atoms with E-state index in [1.54, 1.807) is 0 Å². The van der Waals surface area contributed by atoms with Gasteiger partial charge in [-0.3, -0.25) is 4.68 Å². The van der Waals surface area contributed by atoms with Crippen LogP contribution in [0.25, 0.3) is 0 Å². The van der Waals surface area contributed by atoms with Crippen LogP contribution in [-0.2, 0) is 6.42 Å². The molecule has 2 saturated carbocycles. The summed E-state index contributed by atoms with van der Waals surface area (Å²) in [6.07, 6.45) is 13.0. The summed E-state index contributed by atoms with van der Waals surface area (Å²) in [5, 5.41) is 8.58. The molecule has 2 atom stereocenters. The molecule has 0 spiro atoms. The molecule has 0 saturated heterocycles. The predicted octanol–water partition coefficient (Wildman–Crippen LogP) is 3.96. The zero-order chi connectivity index (χ0) is 14.7. The highest BCUT2D eigenvalue weighted by molar-refractivity contribution is 5.02. The zero-order valence-corrected chi connectivity index (χ0v) is 13.7. The Morgan fingerprint density at radius 3 is 2.71 bits per heavy atom. The van der Waals surface area contributed by atoms with Crippen LogP contribution < -0.4 is 5.32 Å². The third-order valence-corrected chi connectivity index (χ3v) is 5.49. The predicted molar refractivity (Wildman–Crippen MR) is 87.4 cm³/mol. The van der Waals surface area contributed by atoms with Crippen LogP contribution in [0.5, 0.6) is 0 Å². The van der Waals surface area contributed by atoms with Crippen molar-refractivity contribution in [2.45, 2.75) is 77.3 Å². The Hall–Kier alpha value is -0.830. The van der Waals surface area contributed by atoms with E-state index in [2.05, 4.69) is 36.1 Å². The summed E-state index contributed by atoms with van der Waals surface area (Å²) in [7, 11) is 0. The first kappa shape index (κ1) is 15.1. The van der Waals surface area contributed by atoms with Crippen LogP contribution in [0.4, 0.5) is 0 Å². The number of aromatic nitrogens is 2. The first-order valence-electron chi connectivity index (χ1n) is 9.03. The zero-order valence-electron chi connectivity index (χ0n) is 13.7. The maximum absolute atomic E-state index is 4.82. The number of hydrogen-bond donors (Lipinski definition) is 1. The molecule has 0 amide bonds. The molecule has 1 heterocycles. The van der Waals surface area contributed by atoms with E-state index >= 15 is 0 Å².